The fraction of sp³-hybridized carbons (Fsp3) is 0.909. The van der Waals surface area contributed by atoms with Gasteiger partial charge in [0, 0.05) is 25.7 Å². The van der Waals surface area contributed by atoms with Crippen molar-refractivity contribution in [2.75, 3.05) is 26.2 Å². The lowest BCUT2D eigenvalue weighted by molar-refractivity contribution is 0.137. The molecular weight excluding hydrogens is 190 g/mol. The minimum Gasteiger partial charge on any atom is -0.336 e. The van der Waals surface area contributed by atoms with Crippen LogP contribution in [0.3, 0.4) is 0 Å². The number of carbonyl (C=O) groups is 1. The fourth-order valence-electron chi connectivity index (χ4n) is 3.39. The fourth-order valence-corrected chi connectivity index (χ4v) is 3.39. The third-order valence-corrected chi connectivity index (χ3v) is 4.11. The van der Waals surface area contributed by atoms with E-state index in [1.54, 1.807) is 0 Å². The Morgan fingerprint density at radius 2 is 2.00 bits per heavy atom. The van der Waals surface area contributed by atoms with Crippen molar-refractivity contribution in [3.63, 3.8) is 0 Å². The molecule has 15 heavy (non-hydrogen) atoms. The number of nitrogens with one attached hydrogen (secondary N) is 1. The molecule has 2 amide bonds. The average molecular weight is 209 g/mol. The van der Waals surface area contributed by atoms with E-state index in [4.69, 9.17) is 0 Å². The summed E-state index contributed by atoms with van der Waals surface area (Å²) in [6, 6.07) is 1.31. The maximum atomic E-state index is 11.6. The number of carbonyl (C=O) groups excluding carboxylic acids is 1. The zero-order valence-corrected chi connectivity index (χ0v) is 9.11. The smallest absolute Gasteiger partial charge is 0.317 e. The summed E-state index contributed by atoms with van der Waals surface area (Å²) in [5.41, 5.74) is 0. The molecule has 3 saturated heterocycles. The van der Waals surface area contributed by atoms with Crippen molar-refractivity contribution in [1.82, 2.24) is 15.1 Å². The van der Waals surface area contributed by atoms with Gasteiger partial charge in [-0.15, -0.1) is 0 Å². The first-order chi connectivity index (χ1) is 7.36. The quantitative estimate of drug-likeness (QED) is 0.688. The second kappa shape index (κ2) is 3.67. The second-order valence-electron chi connectivity index (χ2n) is 4.88. The van der Waals surface area contributed by atoms with Gasteiger partial charge in [0.1, 0.15) is 0 Å². The monoisotopic (exact) mass is 209 g/mol. The number of nitrogens with zero attached hydrogens (tertiary/aromatic N) is 2. The van der Waals surface area contributed by atoms with Crippen molar-refractivity contribution in [2.45, 2.75) is 37.8 Å². The number of urea groups is 1. The van der Waals surface area contributed by atoms with E-state index in [1.807, 2.05) is 0 Å². The molecule has 0 spiro atoms. The molecular formula is C11H19N3O. The molecule has 0 aliphatic carbocycles. The van der Waals surface area contributed by atoms with Crippen molar-refractivity contribution in [3.8, 4) is 0 Å². The number of amides is 2. The molecule has 3 heterocycles. The number of rotatable bonds is 1. The first-order valence-electron chi connectivity index (χ1n) is 6.15. The minimum atomic E-state index is 0.160. The second-order valence-corrected chi connectivity index (χ2v) is 4.88. The summed E-state index contributed by atoms with van der Waals surface area (Å²) < 4.78 is 0. The molecule has 0 saturated carbocycles. The molecule has 0 aromatic heterocycles. The highest BCUT2D eigenvalue weighted by Crippen LogP contribution is 2.30. The molecule has 3 rings (SSSR count). The lowest BCUT2D eigenvalue weighted by Gasteiger charge is -2.35. The van der Waals surface area contributed by atoms with Crippen LogP contribution in [-0.4, -0.2) is 54.1 Å². The summed E-state index contributed by atoms with van der Waals surface area (Å²) in [5.74, 6) is 0. The maximum Gasteiger partial charge on any atom is 0.317 e. The van der Waals surface area contributed by atoms with E-state index in [9.17, 15) is 4.79 Å². The van der Waals surface area contributed by atoms with Gasteiger partial charge < -0.3 is 10.2 Å². The highest BCUT2D eigenvalue weighted by Gasteiger charge is 2.41. The molecule has 0 radical (unpaired) electrons. The molecule has 0 bridgehead atoms. The highest BCUT2D eigenvalue weighted by atomic mass is 16.2. The average Bonchev–Trinajstić information content (AvgIpc) is 2.83. The largest absolute Gasteiger partial charge is 0.336 e. The van der Waals surface area contributed by atoms with E-state index in [2.05, 4.69) is 15.1 Å². The van der Waals surface area contributed by atoms with Crippen molar-refractivity contribution in [3.05, 3.63) is 0 Å². The van der Waals surface area contributed by atoms with Gasteiger partial charge in [0.15, 0.2) is 0 Å². The van der Waals surface area contributed by atoms with Gasteiger partial charge in [-0.05, 0) is 25.8 Å². The summed E-state index contributed by atoms with van der Waals surface area (Å²) in [7, 11) is 0. The Labute approximate surface area is 90.6 Å². The molecule has 4 nitrogen and oxygen atoms in total. The summed E-state index contributed by atoms with van der Waals surface area (Å²) in [4.78, 5) is 16.3. The summed E-state index contributed by atoms with van der Waals surface area (Å²) in [6.07, 6.45) is 5.15. The van der Waals surface area contributed by atoms with Crippen LogP contribution in [0.25, 0.3) is 0 Å². The van der Waals surface area contributed by atoms with E-state index in [0.717, 1.165) is 13.1 Å². The van der Waals surface area contributed by atoms with E-state index in [-0.39, 0.29) is 6.03 Å². The van der Waals surface area contributed by atoms with Crippen LogP contribution >= 0.6 is 0 Å². The lowest BCUT2D eigenvalue weighted by Crippen LogP contribution is -2.48. The molecule has 2 atom stereocenters. The van der Waals surface area contributed by atoms with E-state index in [0.29, 0.717) is 12.1 Å². The van der Waals surface area contributed by atoms with Crippen LogP contribution in [0.15, 0.2) is 0 Å². The number of piperidine rings is 1. The maximum absolute atomic E-state index is 11.6. The predicted octanol–water partition coefficient (Wildman–Crippen LogP) is 0.638. The number of hydrogen-bond acceptors (Lipinski definition) is 2. The van der Waals surface area contributed by atoms with Crippen LogP contribution in [-0.2, 0) is 0 Å². The normalized spacial score (nSPS) is 36.8. The summed E-state index contributed by atoms with van der Waals surface area (Å²) >= 11 is 0. The van der Waals surface area contributed by atoms with Crippen LogP contribution in [0, 0.1) is 0 Å². The molecule has 3 aliphatic rings. The van der Waals surface area contributed by atoms with E-state index in [1.165, 1.54) is 38.8 Å². The van der Waals surface area contributed by atoms with Crippen molar-refractivity contribution >= 4 is 6.03 Å². The third kappa shape index (κ3) is 1.51. The Morgan fingerprint density at radius 3 is 2.80 bits per heavy atom. The van der Waals surface area contributed by atoms with Crippen LogP contribution < -0.4 is 5.32 Å². The van der Waals surface area contributed by atoms with E-state index >= 15 is 0 Å². The minimum absolute atomic E-state index is 0.160. The van der Waals surface area contributed by atoms with Gasteiger partial charge in [-0.3, -0.25) is 4.90 Å². The standard InChI is InChI=1S/C11H19N3O/c15-11-12-5-8-14(11)10-4-7-13-6-2-1-3-9(10)13/h9-10H,1-8H2,(H,12,15). The van der Waals surface area contributed by atoms with Gasteiger partial charge >= 0.3 is 6.03 Å². The Hall–Kier alpha value is -0.770. The van der Waals surface area contributed by atoms with Gasteiger partial charge in [0.2, 0.25) is 0 Å². The Morgan fingerprint density at radius 1 is 1.07 bits per heavy atom. The predicted molar refractivity (Wildman–Crippen MR) is 57.7 cm³/mol. The Bertz CT molecular complexity index is 269. The molecule has 3 fully saturated rings. The van der Waals surface area contributed by atoms with Gasteiger partial charge in [-0.2, -0.15) is 0 Å². The van der Waals surface area contributed by atoms with Crippen LogP contribution in [0.4, 0.5) is 4.79 Å². The highest BCUT2D eigenvalue weighted by molar-refractivity contribution is 5.76. The third-order valence-electron chi connectivity index (χ3n) is 4.11. The molecule has 0 aromatic carbocycles. The molecule has 2 unspecified atom stereocenters. The topological polar surface area (TPSA) is 35.6 Å². The number of fused-ring (bicyclic) bond motifs is 1. The molecule has 84 valence electrons. The molecule has 1 N–H and O–H groups in total. The van der Waals surface area contributed by atoms with Crippen LogP contribution in [0.5, 0.6) is 0 Å². The Balaban J connectivity index is 1.73. The SMILES string of the molecule is O=C1NCCN1C1CCN2CCCCC12. The number of hydrogen-bond donors (Lipinski definition) is 1. The summed E-state index contributed by atoms with van der Waals surface area (Å²) in [6.45, 7) is 4.19. The molecule has 4 heteroatoms. The van der Waals surface area contributed by atoms with Crippen LogP contribution in [0.2, 0.25) is 0 Å². The van der Waals surface area contributed by atoms with E-state index < -0.39 is 0 Å². The lowest BCUT2D eigenvalue weighted by atomic mass is 9.98. The summed E-state index contributed by atoms with van der Waals surface area (Å²) in [5, 5.41) is 2.91. The first kappa shape index (κ1) is 9.46. The van der Waals surface area contributed by atoms with Gasteiger partial charge in [0.25, 0.3) is 0 Å². The van der Waals surface area contributed by atoms with Gasteiger partial charge in [0.05, 0.1) is 6.04 Å². The van der Waals surface area contributed by atoms with Crippen molar-refractivity contribution in [2.24, 2.45) is 0 Å². The van der Waals surface area contributed by atoms with Crippen molar-refractivity contribution < 1.29 is 4.79 Å². The molecule has 3 aliphatic heterocycles. The first-order valence-corrected chi connectivity index (χ1v) is 6.15. The zero-order valence-electron chi connectivity index (χ0n) is 9.11. The van der Waals surface area contributed by atoms with Gasteiger partial charge in [-0.25, -0.2) is 4.79 Å². The van der Waals surface area contributed by atoms with Crippen molar-refractivity contribution in [1.29, 1.82) is 0 Å². The van der Waals surface area contributed by atoms with Gasteiger partial charge in [-0.1, -0.05) is 6.42 Å². The molecule has 0 aromatic rings. The Kier molecular flexibility index (Phi) is 2.31. The zero-order chi connectivity index (χ0) is 10.3. The van der Waals surface area contributed by atoms with Crippen LogP contribution in [0.1, 0.15) is 25.7 Å².